The molecule has 2 aromatic rings. The second kappa shape index (κ2) is 8.78. The van der Waals surface area contributed by atoms with Crippen molar-refractivity contribution in [3.63, 3.8) is 0 Å². The van der Waals surface area contributed by atoms with Crippen LogP contribution in [0.5, 0.6) is 0 Å². The first-order chi connectivity index (χ1) is 14.0. The zero-order chi connectivity index (χ0) is 20.4. The van der Waals surface area contributed by atoms with Crippen LogP contribution in [0.2, 0.25) is 0 Å². The van der Waals surface area contributed by atoms with E-state index < -0.39 is 0 Å². The van der Waals surface area contributed by atoms with Crippen LogP contribution in [0, 0.1) is 17.7 Å². The average Bonchev–Trinajstić information content (AvgIpc) is 2.74. The van der Waals surface area contributed by atoms with Gasteiger partial charge in [-0.1, -0.05) is 0 Å². The van der Waals surface area contributed by atoms with Gasteiger partial charge in [0, 0.05) is 23.5 Å². The van der Waals surface area contributed by atoms with E-state index in [0.717, 1.165) is 62.3 Å². The van der Waals surface area contributed by atoms with Crippen LogP contribution in [0.25, 0.3) is 10.9 Å². The molecule has 0 radical (unpaired) electrons. The summed E-state index contributed by atoms with van der Waals surface area (Å²) in [4.78, 5) is 17.0. The van der Waals surface area contributed by atoms with Gasteiger partial charge in [0.1, 0.15) is 5.82 Å². The molecular formula is C24H31FN2O2. The van der Waals surface area contributed by atoms with E-state index in [0.29, 0.717) is 11.8 Å². The van der Waals surface area contributed by atoms with Gasteiger partial charge in [-0.05, 0) is 100.0 Å². The number of benzene rings is 1. The lowest BCUT2D eigenvalue weighted by Gasteiger charge is -2.34. The number of carbonyl (C=O) groups excluding carboxylic acids is 1. The first-order valence-electron chi connectivity index (χ1n) is 11.0. The van der Waals surface area contributed by atoms with E-state index in [1.165, 1.54) is 11.6 Å². The van der Waals surface area contributed by atoms with Crippen LogP contribution in [0.3, 0.4) is 0 Å². The molecule has 2 fully saturated rings. The Bertz CT molecular complexity index is 855. The van der Waals surface area contributed by atoms with Gasteiger partial charge in [-0.3, -0.25) is 9.78 Å². The maximum atomic E-state index is 13.8. The second-order valence-corrected chi connectivity index (χ2v) is 8.98. The number of halogens is 1. The van der Waals surface area contributed by atoms with Gasteiger partial charge in [0.2, 0.25) is 5.91 Å². The molecule has 1 amide bonds. The minimum Gasteiger partial charge on any atom is -0.393 e. The van der Waals surface area contributed by atoms with E-state index >= 15 is 0 Å². The van der Waals surface area contributed by atoms with Gasteiger partial charge in [0.15, 0.2) is 0 Å². The number of fused-ring (bicyclic) bond motifs is 1. The van der Waals surface area contributed by atoms with Crippen molar-refractivity contribution >= 4 is 16.8 Å². The number of hydrogen-bond donors (Lipinski definition) is 2. The third kappa shape index (κ3) is 4.61. The number of carbonyl (C=O) groups is 1. The van der Waals surface area contributed by atoms with Crippen LogP contribution in [0.1, 0.15) is 69.8 Å². The average molecular weight is 399 g/mol. The molecule has 0 saturated heterocycles. The fraction of sp³-hybridized carbons (Fsp3) is 0.583. The summed E-state index contributed by atoms with van der Waals surface area (Å²) in [7, 11) is 0. The predicted molar refractivity (Wildman–Crippen MR) is 112 cm³/mol. The first-order valence-corrected chi connectivity index (χ1v) is 11.0. The summed E-state index contributed by atoms with van der Waals surface area (Å²) in [6.45, 7) is 2.12. The quantitative estimate of drug-likeness (QED) is 0.784. The van der Waals surface area contributed by atoms with E-state index in [9.17, 15) is 14.3 Å². The van der Waals surface area contributed by atoms with Gasteiger partial charge in [-0.2, -0.15) is 0 Å². The normalized spacial score (nSPS) is 28.8. The molecular weight excluding hydrogens is 367 g/mol. The minimum absolute atomic E-state index is 0.0512. The zero-order valence-electron chi connectivity index (χ0n) is 17.1. The van der Waals surface area contributed by atoms with Crippen molar-refractivity contribution in [2.24, 2.45) is 11.8 Å². The van der Waals surface area contributed by atoms with Crippen LogP contribution < -0.4 is 5.32 Å². The molecule has 0 aliphatic heterocycles. The molecule has 2 saturated carbocycles. The van der Waals surface area contributed by atoms with Crippen molar-refractivity contribution in [3.05, 3.63) is 41.8 Å². The minimum atomic E-state index is -0.232. The summed E-state index contributed by atoms with van der Waals surface area (Å²) in [5.74, 6) is 0.889. The number of aromatic nitrogens is 1. The van der Waals surface area contributed by atoms with Crippen molar-refractivity contribution in [1.82, 2.24) is 10.3 Å². The highest BCUT2D eigenvalue weighted by atomic mass is 19.1. The largest absolute Gasteiger partial charge is 0.393 e. The highest BCUT2D eigenvalue weighted by Crippen LogP contribution is 2.39. The highest BCUT2D eigenvalue weighted by molar-refractivity contribution is 5.82. The second-order valence-electron chi connectivity index (χ2n) is 8.98. The SMILES string of the molecule is C[C@@H](NC(=O)C1CCC(O)CC1)C1CCC(c2ccnc3ccc(F)cc23)CC1. The Morgan fingerprint density at radius 2 is 1.83 bits per heavy atom. The number of aliphatic hydroxyl groups is 1. The van der Waals surface area contributed by atoms with E-state index in [1.54, 1.807) is 12.1 Å². The maximum absolute atomic E-state index is 13.8. The van der Waals surface area contributed by atoms with E-state index in [4.69, 9.17) is 0 Å². The van der Waals surface area contributed by atoms with Gasteiger partial charge in [-0.15, -0.1) is 0 Å². The topological polar surface area (TPSA) is 62.2 Å². The number of aliphatic hydroxyl groups excluding tert-OH is 1. The molecule has 1 aromatic heterocycles. The Balaban J connectivity index is 1.35. The Labute approximate surface area is 171 Å². The maximum Gasteiger partial charge on any atom is 0.223 e. The van der Waals surface area contributed by atoms with Crippen molar-refractivity contribution in [2.45, 2.75) is 76.4 Å². The molecule has 5 heteroatoms. The standard InChI is InChI=1S/C24H31FN2O2/c1-15(27-24(29)18-6-9-20(28)10-7-18)16-2-4-17(5-3-16)21-12-13-26-23-11-8-19(25)14-22(21)23/h8,11-18,20,28H,2-7,9-10H2,1H3,(H,27,29)/t15-,16?,17?,18?,20?/m1/s1. The van der Waals surface area contributed by atoms with E-state index in [-0.39, 0.29) is 29.8 Å². The van der Waals surface area contributed by atoms with Gasteiger partial charge in [0.25, 0.3) is 0 Å². The van der Waals surface area contributed by atoms with Crippen molar-refractivity contribution < 1.29 is 14.3 Å². The molecule has 1 heterocycles. The number of nitrogens with one attached hydrogen (secondary N) is 1. The molecule has 29 heavy (non-hydrogen) atoms. The van der Waals surface area contributed by atoms with Crippen LogP contribution in [0.4, 0.5) is 4.39 Å². The van der Waals surface area contributed by atoms with Crippen LogP contribution in [-0.2, 0) is 4.79 Å². The van der Waals surface area contributed by atoms with Gasteiger partial charge < -0.3 is 10.4 Å². The summed E-state index contributed by atoms with van der Waals surface area (Å²) in [5, 5.41) is 13.8. The van der Waals surface area contributed by atoms with E-state index in [1.807, 2.05) is 12.3 Å². The molecule has 4 nitrogen and oxygen atoms in total. The molecule has 1 aromatic carbocycles. The van der Waals surface area contributed by atoms with E-state index in [2.05, 4.69) is 17.2 Å². The highest BCUT2D eigenvalue weighted by Gasteiger charge is 2.30. The lowest BCUT2D eigenvalue weighted by atomic mass is 9.75. The zero-order valence-corrected chi connectivity index (χ0v) is 17.1. The Morgan fingerprint density at radius 1 is 1.10 bits per heavy atom. The number of pyridine rings is 1. The van der Waals surface area contributed by atoms with Crippen molar-refractivity contribution in [1.29, 1.82) is 0 Å². The van der Waals surface area contributed by atoms with Crippen LogP contribution in [0.15, 0.2) is 30.5 Å². The monoisotopic (exact) mass is 398 g/mol. The Hall–Kier alpha value is -2.01. The molecule has 156 valence electrons. The number of hydrogen-bond acceptors (Lipinski definition) is 3. The molecule has 2 aliphatic rings. The number of nitrogens with zero attached hydrogens (tertiary/aromatic N) is 1. The number of rotatable bonds is 4. The Morgan fingerprint density at radius 3 is 2.55 bits per heavy atom. The third-order valence-corrected chi connectivity index (χ3v) is 7.09. The molecule has 2 N–H and O–H groups in total. The van der Waals surface area contributed by atoms with Gasteiger partial charge in [0.05, 0.1) is 11.6 Å². The molecule has 4 rings (SSSR count). The summed E-state index contributed by atoms with van der Waals surface area (Å²) in [6.07, 6.45) is 8.87. The third-order valence-electron chi connectivity index (χ3n) is 7.09. The van der Waals surface area contributed by atoms with Crippen molar-refractivity contribution in [3.8, 4) is 0 Å². The number of amides is 1. The predicted octanol–water partition coefficient (Wildman–Crippen LogP) is 4.70. The summed E-state index contributed by atoms with van der Waals surface area (Å²) in [5.41, 5.74) is 2.05. The van der Waals surface area contributed by atoms with Crippen LogP contribution >= 0.6 is 0 Å². The molecule has 0 spiro atoms. The molecule has 0 unspecified atom stereocenters. The first kappa shape index (κ1) is 20.3. The van der Waals surface area contributed by atoms with Gasteiger partial charge >= 0.3 is 0 Å². The summed E-state index contributed by atoms with van der Waals surface area (Å²) >= 11 is 0. The lowest BCUT2D eigenvalue weighted by Crippen LogP contribution is -2.43. The molecule has 1 atom stereocenters. The Kier molecular flexibility index (Phi) is 6.14. The molecule has 0 bridgehead atoms. The summed E-state index contributed by atoms with van der Waals surface area (Å²) < 4.78 is 13.8. The smallest absolute Gasteiger partial charge is 0.223 e. The fourth-order valence-corrected chi connectivity index (χ4v) is 5.22. The van der Waals surface area contributed by atoms with Crippen molar-refractivity contribution in [2.75, 3.05) is 0 Å². The van der Waals surface area contributed by atoms with Gasteiger partial charge in [-0.25, -0.2) is 4.39 Å². The van der Waals surface area contributed by atoms with Crippen LogP contribution in [-0.4, -0.2) is 28.1 Å². The lowest BCUT2D eigenvalue weighted by molar-refractivity contribution is -0.127. The molecule has 2 aliphatic carbocycles. The summed E-state index contributed by atoms with van der Waals surface area (Å²) in [6, 6.07) is 7.03. The fourth-order valence-electron chi connectivity index (χ4n) is 5.22.